The van der Waals surface area contributed by atoms with Crippen molar-refractivity contribution in [2.45, 2.75) is 55.4 Å². The van der Waals surface area contributed by atoms with Crippen LogP contribution in [0.5, 0.6) is 0 Å². The number of hydrogen-bond donors (Lipinski definition) is 2. The number of hydrogen-bond acceptors (Lipinski definition) is 5. The highest BCUT2D eigenvalue weighted by Gasteiger charge is 2.26. The molecule has 0 radical (unpaired) electrons. The predicted octanol–water partition coefficient (Wildman–Crippen LogP) is 4.97. The van der Waals surface area contributed by atoms with Crippen LogP contribution in [-0.4, -0.2) is 51.2 Å². The third-order valence-corrected chi connectivity index (χ3v) is 8.77. The maximum Gasteiger partial charge on any atom is 0.227 e. The molecule has 1 aliphatic heterocycles. The monoisotopic (exact) mass is 533 g/mol. The van der Waals surface area contributed by atoms with E-state index in [4.69, 9.17) is 5.73 Å². The molecular formula is C31H39N3O3S. The molecule has 0 saturated carbocycles. The van der Waals surface area contributed by atoms with Crippen LogP contribution in [0.25, 0.3) is 0 Å². The maximum atomic E-state index is 13.1. The number of nitrogen functional groups attached to an aromatic ring is 1. The molecule has 2 atom stereocenters. The van der Waals surface area contributed by atoms with Gasteiger partial charge in [0.15, 0.2) is 9.84 Å². The summed E-state index contributed by atoms with van der Waals surface area (Å²) in [6.45, 7) is 4.89. The number of nitrogens with zero attached hydrogens (tertiary/aromatic N) is 1. The minimum atomic E-state index is -3.25. The van der Waals surface area contributed by atoms with Crippen molar-refractivity contribution in [3.05, 3.63) is 95.6 Å². The number of carbonyl (C=O) groups excluding carboxylic acids is 1. The van der Waals surface area contributed by atoms with Crippen LogP contribution >= 0.6 is 0 Å². The van der Waals surface area contributed by atoms with E-state index in [0.717, 1.165) is 50.1 Å². The van der Waals surface area contributed by atoms with E-state index in [1.165, 1.54) is 17.4 Å². The van der Waals surface area contributed by atoms with Crippen LogP contribution in [0, 0.1) is 0 Å². The molecule has 1 heterocycles. The summed E-state index contributed by atoms with van der Waals surface area (Å²) < 4.78 is 23.5. The Morgan fingerprint density at radius 1 is 0.921 bits per heavy atom. The van der Waals surface area contributed by atoms with Crippen molar-refractivity contribution in [1.82, 2.24) is 10.2 Å². The number of anilines is 1. The third kappa shape index (κ3) is 7.23. The van der Waals surface area contributed by atoms with Gasteiger partial charge in [-0.25, -0.2) is 8.42 Å². The average molecular weight is 534 g/mol. The van der Waals surface area contributed by atoms with Crippen molar-refractivity contribution in [1.29, 1.82) is 0 Å². The topological polar surface area (TPSA) is 92.5 Å². The van der Waals surface area contributed by atoms with Crippen molar-refractivity contribution in [3.8, 4) is 0 Å². The number of rotatable bonds is 10. The molecule has 3 aromatic rings. The number of likely N-dealkylation sites (tertiary alicyclic amines) is 1. The SMILES string of the molecule is CCC(C(=O)NC1CCN(CCC(c2ccccc2)c2ccc(N)cc2)CC1)c1ccc(S(C)(=O)=O)cc1. The molecule has 6 nitrogen and oxygen atoms in total. The Bertz CT molecular complexity index is 1280. The van der Waals surface area contributed by atoms with Crippen LogP contribution in [0.3, 0.4) is 0 Å². The molecule has 202 valence electrons. The van der Waals surface area contributed by atoms with Gasteiger partial charge in [0, 0.05) is 37.0 Å². The third-order valence-electron chi connectivity index (χ3n) is 7.64. The Morgan fingerprint density at radius 2 is 1.50 bits per heavy atom. The van der Waals surface area contributed by atoms with E-state index in [-0.39, 0.29) is 22.8 Å². The summed E-state index contributed by atoms with van der Waals surface area (Å²) >= 11 is 0. The van der Waals surface area contributed by atoms with E-state index >= 15 is 0 Å². The van der Waals surface area contributed by atoms with Crippen molar-refractivity contribution in [2.24, 2.45) is 0 Å². The molecule has 3 aromatic carbocycles. The minimum Gasteiger partial charge on any atom is -0.399 e. The zero-order valence-corrected chi connectivity index (χ0v) is 23.2. The Labute approximate surface area is 227 Å². The number of sulfone groups is 1. The molecule has 7 heteroatoms. The summed E-state index contributed by atoms with van der Waals surface area (Å²) in [6.07, 6.45) is 4.72. The van der Waals surface area contributed by atoms with E-state index in [9.17, 15) is 13.2 Å². The fourth-order valence-corrected chi connectivity index (χ4v) is 6.00. The molecule has 1 saturated heterocycles. The van der Waals surface area contributed by atoms with Gasteiger partial charge in [-0.2, -0.15) is 0 Å². The highest BCUT2D eigenvalue weighted by Crippen LogP contribution is 2.29. The maximum absolute atomic E-state index is 13.1. The second-order valence-electron chi connectivity index (χ2n) is 10.3. The van der Waals surface area contributed by atoms with E-state index in [1.807, 2.05) is 19.1 Å². The van der Waals surface area contributed by atoms with Gasteiger partial charge in [-0.1, -0.05) is 61.5 Å². The molecule has 4 rings (SSSR count). The van der Waals surface area contributed by atoms with Crippen molar-refractivity contribution in [2.75, 3.05) is 31.6 Å². The molecule has 1 aliphatic rings. The number of carbonyl (C=O) groups is 1. The molecule has 0 aliphatic carbocycles. The molecule has 1 amide bonds. The zero-order valence-electron chi connectivity index (χ0n) is 22.3. The minimum absolute atomic E-state index is 0.0190. The van der Waals surface area contributed by atoms with Gasteiger partial charge in [0.05, 0.1) is 10.8 Å². The molecule has 0 spiro atoms. The van der Waals surface area contributed by atoms with Crippen LogP contribution in [0.4, 0.5) is 5.69 Å². The lowest BCUT2D eigenvalue weighted by Crippen LogP contribution is -2.46. The number of nitrogens with two attached hydrogens (primary N) is 1. The lowest BCUT2D eigenvalue weighted by molar-refractivity contribution is -0.123. The number of benzene rings is 3. The van der Waals surface area contributed by atoms with E-state index in [1.54, 1.807) is 24.3 Å². The quantitative estimate of drug-likeness (QED) is 0.359. The first-order valence-corrected chi connectivity index (χ1v) is 15.4. The lowest BCUT2D eigenvalue weighted by atomic mass is 9.88. The largest absolute Gasteiger partial charge is 0.399 e. The van der Waals surface area contributed by atoms with Gasteiger partial charge < -0.3 is 16.0 Å². The van der Waals surface area contributed by atoms with Gasteiger partial charge in [0.25, 0.3) is 0 Å². The van der Waals surface area contributed by atoms with Crippen LogP contribution in [0.2, 0.25) is 0 Å². The second-order valence-corrected chi connectivity index (χ2v) is 12.4. The smallest absolute Gasteiger partial charge is 0.227 e. The first-order valence-electron chi connectivity index (χ1n) is 13.5. The van der Waals surface area contributed by atoms with Crippen LogP contribution in [-0.2, 0) is 14.6 Å². The summed E-state index contributed by atoms with van der Waals surface area (Å²) in [5, 5.41) is 3.26. The van der Waals surface area contributed by atoms with Crippen molar-refractivity contribution in [3.63, 3.8) is 0 Å². The Morgan fingerprint density at radius 3 is 2.08 bits per heavy atom. The van der Waals surface area contributed by atoms with Crippen LogP contribution in [0.1, 0.15) is 61.1 Å². The molecule has 0 bridgehead atoms. The van der Waals surface area contributed by atoms with Gasteiger partial charge >= 0.3 is 0 Å². The second kappa shape index (κ2) is 12.6. The molecule has 2 unspecified atom stereocenters. The van der Waals surface area contributed by atoms with Crippen LogP contribution < -0.4 is 11.1 Å². The Hall–Kier alpha value is -3.16. The van der Waals surface area contributed by atoms with Crippen LogP contribution in [0.15, 0.2) is 83.8 Å². The first kappa shape index (κ1) is 27.9. The Balaban J connectivity index is 1.31. The summed E-state index contributed by atoms with van der Waals surface area (Å²) in [6, 6.07) is 25.7. The van der Waals surface area contributed by atoms with Gasteiger partial charge in [-0.15, -0.1) is 0 Å². The van der Waals surface area contributed by atoms with E-state index in [0.29, 0.717) is 12.3 Å². The highest BCUT2D eigenvalue weighted by atomic mass is 32.2. The molecule has 1 fully saturated rings. The number of amides is 1. The fraction of sp³-hybridized carbons (Fsp3) is 0.387. The van der Waals surface area contributed by atoms with Gasteiger partial charge in [0.2, 0.25) is 5.91 Å². The predicted molar refractivity (Wildman–Crippen MR) is 154 cm³/mol. The van der Waals surface area contributed by atoms with Gasteiger partial charge in [-0.3, -0.25) is 4.79 Å². The summed E-state index contributed by atoms with van der Waals surface area (Å²) in [7, 11) is -3.25. The fourth-order valence-electron chi connectivity index (χ4n) is 5.37. The summed E-state index contributed by atoms with van der Waals surface area (Å²) in [5.41, 5.74) is 10.2. The van der Waals surface area contributed by atoms with E-state index < -0.39 is 9.84 Å². The van der Waals surface area contributed by atoms with Crippen molar-refractivity contribution >= 4 is 21.4 Å². The molecule has 38 heavy (non-hydrogen) atoms. The summed E-state index contributed by atoms with van der Waals surface area (Å²) in [4.78, 5) is 15.9. The lowest BCUT2D eigenvalue weighted by Gasteiger charge is -2.34. The standard InChI is InChI=1S/C31H39N3O3S/c1-3-29(24-11-15-28(16-12-24)38(2,36)37)31(35)33-27-17-20-34(21-18-27)22-19-30(23-7-5-4-6-8-23)25-9-13-26(32)14-10-25/h4-16,27,29-30H,3,17-22,32H2,1-2H3,(H,33,35). The molecule has 0 aromatic heterocycles. The Kier molecular flexibility index (Phi) is 9.23. The van der Waals surface area contributed by atoms with Crippen molar-refractivity contribution < 1.29 is 13.2 Å². The van der Waals surface area contributed by atoms with E-state index in [2.05, 4.69) is 52.7 Å². The van der Waals surface area contributed by atoms with Gasteiger partial charge in [0.1, 0.15) is 0 Å². The molecular weight excluding hydrogens is 494 g/mol. The summed E-state index contributed by atoms with van der Waals surface area (Å²) in [5.74, 6) is 0.0485. The van der Waals surface area contributed by atoms with Gasteiger partial charge in [-0.05, 0) is 73.2 Å². The molecule has 3 N–H and O–H groups in total. The normalized spacial score (nSPS) is 16.6. The zero-order chi connectivity index (χ0) is 27.1. The number of piperidine rings is 1. The first-order chi connectivity index (χ1) is 18.2. The highest BCUT2D eigenvalue weighted by molar-refractivity contribution is 7.90. The average Bonchev–Trinajstić information content (AvgIpc) is 2.91. The number of nitrogens with one attached hydrogen (secondary N) is 1.